The summed E-state index contributed by atoms with van der Waals surface area (Å²) in [6.45, 7) is 2.42. The van der Waals surface area contributed by atoms with Gasteiger partial charge in [-0.2, -0.15) is 0 Å². The second kappa shape index (κ2) is 5.38. The predicted molar refractivity (Wildman–Crippen MR) is 73.7 cm³/mol. The van der Waals surface area contributed by atoms with E-state index in [1.54, 1.807) is 7.11 Å². The zero-order chi connectivity index (χ0) is 13.1. The van der Waals surface area contributed by atoms with Crippen molar-refractivity contribution in [3.8, 4) is 5.75 Å². The largest absolute Gasteiger partial charge is 0.497 e. The van der Waals surface area contributed by atoms with E-state index in [0.717, 1.165) is 22.1 Å². The van der Waals surface area contributed by atoms with Gasteiger partial charge in [0.15, 0.2) is 0 Å². The lowest BCUT2D eigenvalue weighted by molar-refractivity contribution is 0.122. The Kier molecular flexibility index (Phi) is 3.84. The molecule has 0 heterocycles. The number of methoxy groups -OCH3 is 1. The highest BCUT2D eigenvalue weighted by Crippen LogP contribution is 2.27. The average molecular weight is 245 g/mol. The summed E-state index contributed by atoms with van der Waals surface area (Å²) in [4.78, 5) is 0. The third kappa shape index (κ3) is 2.47. The topological polar surface area (TPSA) is 55.5 Å². The Balaban J connectivity index is 2.38. The van der Waals surface area contributed by atoms with E-state index in [4.69, 9.17) is 10.5 Å². The highest BCUT2D eigenvalue weighted by Gasteiger charge is 2.15. The van der Waals surface area contributed by atoms with E-state index in [-0.39, 0.29) is 5.92 Å². The van der Waals surface area contributed by atoms with Crippen molar-refractivity contribution in [3.63, 3.8) is 0 Å². The molecule has 0 fully saturated rings. The van der Waals surface area contributed by atoms with E-state index in [1.807, 2.05) is 43.3 Å². The standard InChI is InChI=1S/C15H19NO2/c1-10(9-16)15(17)13-4-3-12-8-14(18-2)6-5-11(12)7-13/h3-8,10,15,17H,9,16H2,1-2H3. The van der Waals surface area contributed by atoms with Gasteiger partial charge in [-0.1, -0.05) is 25.1 Å². The predicted octanol–water partition coefficient (Wildman–Crippen LogP) is 2.48. The monoisotopic (exact) mass is 245 g/mol. The van der Waals surface area contributed by atoms with Gasteiger partial charge in [0, 0.05) is 0 Å². The van der Waals surface area contributed by atoms with Gasteiger partial charge >= 0.3 is 0 Å². The van der Waals surface area contributed by atoms with Crippen LogP contribution in [0.1, 0.15) is 18.6 Å². The molecule has 0 saturated carbocycles. The summed E-state index contributed by atoms with van der Waals surface area (Å²) >= 11 is 0. The Hall–Kier alpha value is -1.58. The number of hydrogen-bond acceptors (Lipinski definition) is 3. The van der Waals surface area contributed by atoms with E-state index < -0.39 is 6.10 Å². The fourth-order valence-corrected chi connectivity index (χ4v) is 2.01. The van der Waals surface area contributed by atoms with Gasteiger partial charge < -0.3 is 15.6 Å². The van der Waals surface area contributed by atoms with E-state index in [0.29, 0.717) is 6.54 Å². The first kappa shape index (κ1) is 12.9. The number of rotatable bonds is 4. The first-order chi connectivity index (χ1) is 8.65. The molecule has 0 aliphatic carbocycles. The first-order valence-electron chi connectivity index (χ1n) is 6.11. The Morgan fingerprint density at radius 2 is 1.83 bits per heavy atom. The van der Waals surface area contributed by atoms with Crippen LogP contribution in [0.2, 0.25) is 0 Å². The number of hydrogen-bond donors (Lipinski definition) is 2. The summed E-state index contributed by atoms with van der Waals surface area (Å²) in [5.41, 5.74) is 6.49. The molecule has 3 nitrogen and oxygen atoms in total. The summed E-state index contributed by atoms with van der Waals surface area (Å²) < 4.78 is 5.19. The Labute approximate surface area is 107 Å². The molecular weight excluding hydrogens is 226 g/mol. The fourth-order valence-electron chi connectivity index (χ4n) is 2.01. The van der Waals surface area contributed by atoms with Crippen LogP contribution in [0.5, 0.6) is 5.75 Å². The molecule has 0 spiro atoms. The molecule has 3 heteroatoms. The lowest BCUT2D eigenvalue weighted by atomic mass is 9.95. The van der Waals surface area contributed by atoms with Crippen LogP contribution in [0.4, 0.5) is 0 Å². The summed E-state index contributed by atoms with van der Waals surface area (Å²) in [7, 11) is 1.65. The van der Waals surface area contributed by atoms with Crippen LogP contribution in [0.25, 0.3) is 10.8 Å². The van der Waals surface area contributed by atoms with Crippen molar-refractivity contribution >= 4 is 10.8 Å². The van der Waals surface area contributed by atoms with E-state index in [2.05, 4.69) is 0 Å². The first-order valence-corrected chi connectivity index (χ1v) is 6.11. The number of aliphatic hydroxyl groups excluding tert-OH is 1. The van der Waals surface area contributed by atoms with Gasteiger partial charge in [0.1, 0.15) is 5.75 Å². The minimum atomic E-state index is -0.512. The Bertz CT molecular complexity index is 539. The lowest BCUT2D eigenvalue weighted by Gasteiger charge is -2.17. The van der Waals surface area contributed by atoms with Crippen molar-refractivity contribution in [2.45, 2.75) is 13.0 Å². The Morgan fingerprint density at radius 3 is 2.50 bits per heavy atom. The van der Waals surface area contributed by atoms with Crippen LogP contribution in [-0.2, 0) is 0 Å². The van der Waals surface area contributed by atoms with Gasteiger partial charge in [0.05, 0.1) is 13.2 Å². The molecule has 3 N–H and O–H groups in total. The van der Waals surface area contributed by atoms with Crippen molar-refractivity contribution in [1.82, 2.24) is 0 Å². The number of ether oxygens (including phenoxy) is 1. The van der Waals surface area contributed by atoms with E-state index in [1.165, 1.54) is 0 Å². The molecule has 2 aromatic carbocycles. The average Bonchev–Trinajstić information content (AvgIpc) is 2.44. The van der Waals surface area contributed by atoms with Crippen molar-refractivity contribution < 1.29 is 9.84 Å². The van der Waals surface area contributed by atoms with Crippen LogP contribution >= 0.6 is 0 Å². The van der Waals surface area contributed by atoms with Gasteiger partial charge in [0.2, 0.25) is 0 Å². The molecular formula is C15H19NO2. The molecule has 0 saturated heterocycles. The molecule has 0 aromatic heterocycles. The summed E-state index contributed by atoms with van der Waals surface area (Å²) in [5.74, 6) is 0.895. The number of benzene rings is 2. The number of nitrogens with two attached hydrogens (primary N) is 1. The normalized spacial score (nSPS) is 14.4. The maximum absolute atomic E-state index is 10.1. The maximum Gasteiger partial charge on any atom is 0.119 e. The molecule has 0 aliphatic heterocycles. The summed E-state index contributed by atoms with van der Waals surface area (Å²) in [6.07, 6.45) is -0.512. The highest BCUT2D eigenvalue weighted by molar-refractivity contribution is 5.84. The molecule has 18 heavy (non-hydrogen) atoms. The molecule has 0 amide bonds. The number of aliphatic hydroxyl groups is 1. The van der Waals surface area contributed by atoms with Crippen LogP contribution in [-0.4, -0.2) is 18.8 Å². The molecule has 0 radical (unpaired) electrons. The van der Waals surface area contributed by atoms with Crippen LogP contribution in [0.15, 0.2) is 36.4 Å². The van der Waals surface area contributed by atoms with Crippen LogP contribution in [0.3, 0.4) is 0 Å². The van der Waals surface area contributed by atoms with Crippen molar-refractivity contribution in [2.24, 2.45) is 11.7 Å². The molecule has 2 atom stereocenters. The zero-order valence-electron chi connectivity index (χ0n) is 10.8. The second-order valence-electron chi connectivity index (χ2n) is 4.63. The maximum atomic E-state index is 10.1. The van der Waals surface area contributed by atoms with Gasteiger partial charge in [-0.25, -0.2) is 0 Å². The SMILES string of the molecule is COc1ccc2cc(C(O)C(C)CN)ccc2c1. The Morgan fingerprint density at radius 1 is 1.17 bits per heavy atom. The second-order valence-corrected chi connectivity index (χ2v) is 4.63. The molecule has 0 bridgehead atoms. The molecule has 96 valence electrons. The third-order valence-electron chi connectivity index (χ3n) is 3.32. The molecule has 2 rings (SSSR count). The minimum Gasteiger partial charge on any atom is -0.497 e. The minimum absolute atomic E-state index is 0.0562. The van der Waals surface area contributed by atoms with Crippen molar-refractivity contribution in [3.05, 3.63) is 42.0 Å². The van der Waals surface area contributed by atoms with E-state index in [9.17, 15) is 5.11 Å². The van der Waals surface area contributed by atoms with E-state index >= 15 is 0 Å². The third-order valence-corrected chi connectivity index (χ3v) is 3.32. The molecule has 2 aromatic rings. The quantitative estimate of drug-likeness (QED) is 0.870. The van der Waals surface area contributed by atoms with Gasteiger partial charge in [-0.15, -0.1) is 0 Å². The van der Waals surface area contributed by atoms with Crippen LogP contribution < -0.4 is 10.5 Å². The van der Waals surface area contributed by atoms with Crippen LogP contribution in [0, 0.1) is 5.92 Å². The highest BCUT2D eigenvalue weighted by atomic mass is 16.5. The summed E-state index contributed by atoms with van der Waals surface area (Å²) in [6, 6.07) is 11.9. The molecule has 2 unspecified atom stereocenters. The van der Waals surface area contributed by atoms with Gasteiger partial charge in [0.25, 0.3) is 0 Å². The zero-order valence-corrected chi connectivity index (χ0v) is 10.8. The fraction of sp³-hybridized carbons (Fsp3) is 0.333. The molecule has 0 aliphatic rings. The summed E-state index contributed by atoms with van der Waals surface area (Å²) in [5, 5.41) is 12.3. The van der Waals surface area contributed by atoms with Gasteiger partial charge in [-0.3, -0.25) is 0 Å². The smallest absolute Gasteiger partial charge is 0.119 e. The van der Waals surface area contributed by atoms with Gasteiger partial charge in [-0.05, 0) is 47.0 Å². The number of fused-ring (bicyclic) bond motifs is 1. The lowest BCUT2D eigenvalue weighted by Crippen LogP contribution is -2.18. The van der Waals surface area contributed by atoms with Crippen molar-refractivity contribution in [2.75, 3.05) is 13.7 Å². The van der Waals surface area contributed by atoms with Crippen molar-refractivity contribution in [1.29, 1.82) is 0 Å².